The summed E-state index contributed by atoms with van der Waals surface area (Å²) in [4.78, 5) is 13.1. The van der Waals surface area contributed by atoms with Crippen LogP contribution in [0, 0.1) is 0 Å². The highest BCUT2D eigenvalue weighted by Crippen LogP contribution is 2.09. The molecule has 0 spiro atoms. The Kier molecular flexibility index (Phi) is 4.58. The summed E-state index contributed by atoms with van der Waals surface area (Å²) >= 11 is 1.45. The number of amides is 1. The fraction of sp³-hybridized carbons (Fsp3) is 0.444. The Morgan fingerprint density at radius 3 is 2.43 bits per heavy atom. The third-order valence-electron chi connectivity index (χ3n) is 1.80. The van der Waals surface area contributed by atoms with E-state index in [4.69, 9.17) is 10.2 Å². The second kappa shape index (κ2) is 5.74. The minimum absolute atomic E-state index is 0.0874. The summed E-state index contributed by atoms with van der Waals surface area (Å²) in [5, 5.41) is 21.1. The fourth-order valence-electron chi connectivity index (χ4n) is 1.13. The predicted octanol–water partition coefficient (Wildman–Crippen LogP) is 0.175. The normalized spacial score (nSPS) is 10.1. The maximum Gasteiger partial charge on any atom is 0.254 e. The number of aliphatic hydroxyl groups is 2. The number of nitrogens with zero attached hydrogens (tertiary/aromatic N) is 1. The Labute approximate surface area is 86.4 Å². The topological polar surface area (TPSA) is 60.8 Å². The van der Waals surface area contributed by atoms with Crippen LogP contribution in [-0.2, 0) is 0 Å². The van der Waals surface area contributed by atoms with Gasteiger partial charge in [0.25, 0.3) is 5.91 Å². The summed E-state index contributed by atoms with van der Waals surface area (Å²) in [5.74, 6) is -0.144. The van der Waals surface area contributed by atoms with Gasteiger partial charge in [0, 0.05) is 18.5 Å². The molecule has 0 saturated heterocycles. The second-order valence-corrected chi connectivity index (χ2v) is 3.53. The van der Waals surface area contributed by atoms with E-state index in [1.807, 2.05) is 5.38 Å². The first-order chi connectivity index (χ1) is 6.79. The van der Waals surface area contributed by atoms with Gasteiger partial charge in [0.05, 0.1) is 18.8 Å². The molecular formula is C9H13NO3S. The molecule has 1 aromatic rings. The lowest BCUT2D eigenvalue weighted by Gasteiger charge is -2.19. The molecule has 1 amide bonds. The van der Waals surface area contributed by atoms with Crippen LogP contribution in [0.25, 0.3) is 0 Å². The number of aliphatic hydroxyl groups excluding tert-OH is 2. The third kappa shape index (κ3) is 2.80. The molecule has 1 rings (SSSR count). The van der Waals surface area contributed by atoms with Crippen LogP contribution in [0.3, 0.4) is 0 Å². The van der Waals surface area contributed by atoms with Crippen molar-refractivity contribution in [2.45, 2.75) is 0 Å². The highest BCUT2D eigenvalue weighted by atomic mass is 32.1. The van der Waals surface area contributed by atoms with E-state index in [9.17, 15) is 4.79 Å². The van der Waals surface area contributed by atoms with Crippen molar-refractivity contribution in [3.63, 3.8) is 0 Å². The van der Waals surface area contributed by atoms with Gasteiger partial charge in [-0.2, -0.15) is 11.3 Å². The van der Waals surface area contributed by atoms with Crippen molar-refractivity contribution in [2.24, 2.45) is 0 Å². The van der Waals surface area contributed by atoms with Gasteiger partial charge in [-0.25, -0.2) is 0 Å². The Morgan fingerprint density at radius 1 is 1.36 bits per heavy atom. The van der Waals surface area contributed by atoms with Crippen LogP contribution in [0.1, 0.15) is 10.4 Å². The zero-order valence-corrected chi connectivity index (χ0v) is 8.54. The maximum atomic E-state index is 11.7. The molecule has 5 heteroatoms. The lowest BCUT2D eigenvalue weighted by molar-refractivity contribution is 0.0685. The molecule has 0 fully saturated rings. The van der Waals surface area contributed by atoms with Crippen molar-refractivity contribution in [3.05, 3.63) is 22.4 Å². The molecule has 4 nitrogen and oxygen atoms in total. The van der Waals surface area contributed by atoms with Crippen molar-refractivity contribution >= 4 is 17.2 Å². The number of hydrogen-bond donors (Lipinski definition) is 2. The van der Waals surface area contributed by atoms with Crippen LogP contribution < -0.4 is 0 Å². The van der Waals surface area contributed by atoms with Crippen LogP contribution in [0.15, 0.2) is 16.8 Å². The average molecular weight is 215 g/mol. The van der Waals surface area contributed by atoms with E-state index in [1.165, 1.54) is 16.2 Å². The van der Waals surface area contributed by atoms with Gasteiger partial charge >= 0.3 is 0 Å². The molecule has 0 saturated carbocycles. The first-order valence-corrected chi connectivity index (χ1v) is 5.27. The predicted molar refractivity (Wildman–Crippen MR) is 54.4 cm³/mol. The highest BCUT2D eigenvalue weighted by molar-refractivity contribution is 7.08. The van der Waals surface area contributed by atoms with E-state index in [-0.39, 0.29) is 32.2 Å². The van der Waals surface area contributed by atoms with Gasteiger partial charge in [-0.1, -0.05) is 0 Å². The molecule has 0 aliphatic heterocycles. The molecule has 0 bridgehead atoms. The number of thiophene rings is 1. The van der Waals surface area contributed by atoms with Crippen molar-refractivity contribution in [2.75, 3.05) is 26.3 Å². The molecule has 1 aromatic heterocycles. The molecule has 0 aromatic carbocycles. The van der Waals surface area contributed by atoms with E-state index >= 15 is 0 Å². The van der Waals surface area contributed by atoms with Gasteiger partial charge in [-0.3, -0.25) is 4.79 Å². The quantitative estimate of drug-likeness (QED) is 0.736. The van der Waals surface area contributed by atoms with Gasteiger partial charge in [-0.15, -0.1) is 0 Å². The van der Waals surface area contributed by atoms with Crippen LogP contribution in [0.2, 0.25) is 0 Å². The summed E-state index contributed by atoms with van der Waals surface area (Å²) in [6, 6.07) is 1.73. The maximum absolute atomic E-state index is 11.7. The monoisotopic (exact) mass is 215 g/mol. The summed E-state index contributed by atoms with van der Waals surface area (Å²) in [6.07, 6.45) is 0. The Bertz CT molecular complexity index is 268. The van der Waals surface area contributed by atoms with E-state index in [2.05, 4.69) is 0 Å². The van der Waals surface area contributed by atoms with E-state index < -0.39 is 0 Å². The minimum atomic E-state index is -0.144. The molecule has 2 N–H and O–H groups in total. The second-order valence-electron chi connectivity index (χ2n) is 2.75. The molecule has 0 unspecified atom stereocenters. The molecule has 0 radical (unpaired) electrons. The van der Waals surface area contributed by atoms with Crippen molar-refractivity contribution in [1.29, 1.82) is 0 Å². The number of hydrogen-bond acceptors (Lipinski definition) is 4. The summed E-state index contributed by atoms with van der Waals surface area (Å²) < 4.78 is 0. The molecule has 0 atom stereocenters. The molecule has 1 heterocycles. The molecule has 0 aliphatic carbocycles. The van der Waals surface area contributed by atoms with Crippen LogP contribution in [-0.4, -0.2) is 47.3 Å². The van der Waals surface area contributed by atoms with Gasteiger partial charge < -0.3 is 15.1 Å². The van der Waals surface area contributed by atoms with E-state index in [0.717, 1.165) is 0 Å². The lowest BCUT2D eigenvalue weighted by atomic mass is 10.3. The smallest absolute Gasteiger partial charge is 0.254 e. The number of carbonyl (C=O) groups excluding carboxylic acids is 1. The third-order valence-corrected chi connectivity index (χ3v) is 2.48. The highest BCUT2D eigenvalue weighted by Gasteiger charge is 2.14. The molecule has 14 heavy (non-hydrogen) atoms. The van der Waals surface area contributed by atoms with Gasteiger partial charge in [0.1, 0.15) is 0 Å². The zero-order chi connectivity index (χ0) is 10.4. The average Bonchev–Trinajstić information content (AvgIpc) is 2.69. The van der Waals surface area contributed by atoms with Gasteiger partial charge in [-0.05, 0) is 11.4 Å². The summed E-state index contributed by atoms with van der Waals surface area (Å²) in [7, 11) is 0. The van der Waals surface area contributed by atoms with Crippen molar-refractivity contribution in [3.8, 4) is 0 Å². The Balaban J connectivity index is 2.63. The Morgan fingerprint density at radius 2 is 2.00 bits per heavy atom. The van der Waals surface area contributed by atoms with Crippen LogP contribution >= 0.6 is 11.3 Å². The molecule has 78 valence electrons. The zero-order valence-electron chi connectivity index (χ0n) is 7.72. The number of carbonyl (C=O) groups is 1. The summed E-state index contributed by atoms with van der Waals surface area (Å²) in [5.41, 5.74) is 0.608. The summed E-state index contributed by atoms with van der Waals surface area (Å²) in [6.45, 7) is 0.343. The van der Waals surface area contributed by atoms with Gasteiger partial charge in [0.2, 0.25) is 0 Å². The molecular weight excluding hydrogens is 202 g/mol. The molecule has 0 aliphatic rings. The van der Waals surface area contributed by atoms with E-state index in [1.54, 1.807) is 11.4 Å². The largest absolute Gasteiger partial charge is 0.395 e. The van der Waals surface area contributed by atoms with Crippen LogP contribution in [0.4, 0.5) is 0 Å². The minimum Gasteiger partial charge on any atom is -0.395 e. The SMILES string of the molecule is O=C(c1ccsc1)N(CCO)CCO. The van der Waals surface area contributed by atoms with Gasteiger partial charge in [0.15, 0.2) is 0 Å². The van der Waals surface area contributed by atoms with Crippen LogP contribution in [0.5, 0.6) is 0 Å². The fourth-order valence-corrected chi connectivity index (χ4v) is 1.75. The standard InChI is InChI=1S/C9H13NO3S/c11-4-2-10(3-5-12)9(13)8-1-6-14-7-8/h1,6-7,11-12H,2-5H2. The van der Waals surface area contributed by atoms with E-state index in [0.29, 0.717) is 5.56 Å². The Hall–Kier alpha value is -0.910. The van der Waals surface area contributed by atoms with Crippen molar-refractivity contribution < 1.29 is 15.0 Å². The van der Waals surface area contributed by atoms with Crippen molar-refractivity contribution in [1.82, 2.24) is 4.90 Å². The first-order valence-electron chi connectivity index (χ1n) is 4.32. The lowest BCUT2D eigenvalue weighted by Crippen LogP contribution is -2.35. The number of rotatable bonds is 5. The first kappa shape index (κ1) is 11.2.